The number of rotatable bonds is 4. The summed E-state index contributed by atoms with van der Waals surface area (Å²) in [7, 11) is 0. The van der Waals surface area contributed by atoms with Crippen molar-refractivity contribution in [2.75, 3.05) is 11.9 Å². The van der Waals surface area contributed by atoms with Gasteiger partial charge in [0, 0.05) is 17.8 Å². The third-order valence-electron chi connectivity index (χ3n) is 5.25. The number of imide groups is 1. The molecule has 0 radical (unpaired) electrons. The van der Waals surface area contributed by atoms with E-state index in [0.717, 1.165) is 25.0 Å². The average Bonchev–Trinajstić information content (AvgIpc) is 3.13. The van der Waals surface area contributed by atoms with Gasteiger partial charge in [-0.3, -0.25) is 19.3 Å². The van der Waals surface area contributed by atoms with E-state index < -0.39 is 0 Å². The van der Waals surface area contributed by atoms with Crippen LogP contribution >= 0.6 is 11.3 Å². The minimum Gasteiger partial charge on any atom is -0.302 e. The number of nitrogens with zero attached hydrogens (tertiary/aromatic N) is 2. The zero-order valence-corrected chi connectivity index (χ0v) is 14.8. The molecule has 0 unspecified atom stereocenters. The first-order valence-electron chi connectivity index (χ1n) is 8.92. The van der Waals surface area contributed by atoms with Crippen molar-refractivity contribution < 1.29 is 14.4 Å². The summed E-state index contributed by atoms with van der Waals surface area (Å²) in [4.78, 5) is 44.0. The zero-order valence-electron chi connectivity index (χ0n) is 14.0. The van der Waals surface area contributed by atoms with E-state index in [2.05, 4.69) is 10.3 Å². The molecule has 0 bridgehead atoms. The number of anilines is 1. The van der Waals surface area contributed by atoms with Gasteiger partial charge in [0.1, 0.15) is 0 Å². The van der Waals surface area contributed by atoms with Crippen LogP contribution in [0, 0.1) is 11.8 Å². The second-order valence-electron chi connectivity index (χ2n) is 6.88. The molecule has 0 spiro atoms. The van der Waals surface area contributed by atoms with Crippen molar-refractivity contribution in [3.05, 3.63) is 22.7 Å². The second kappa shape index (κ2) is 6.71. The van der Waals surface area contributed by atoms with Gasteiger partial charge in [-0.2, -0.15) is 0 Å². The Morgan fingerprint density at radius 1 is 1.16 bits per heavy atom. The van der Waals surface area contributed by atoms with Crippen LogP contribution in [0.15, 0.2) is 12.2 Å². The van der Waals surface area contributed by atoms with E-state index in [1.165, 1.54) is 16.2 Å². The smallest absolute Gasteiger partial charge is 0.233 e. The standard InChI is InChI=1S/C18H21N3O3S/c22-15(20-18-19-13-7-3-4-8-14(13)25-18)9-10-21-16(23)11-5-1-2-6-12(11)17(21)24/h1-2,11-12H,3-10H2,(H,19,20,22)/t11-,12-/m0/s1. The summed E-state index contributed by atoms with van der Waals surface area (Å²) in [5.41, 5.74) is 1.10. The van der Waals surface area contributed by atoms with Gasteiger partial charge in [0.05, 0.1) is 17.5 Å². The molecule has 3 aliphatic rings. The molecule has 0 aromatic carbocycles. The highest BCUT2D eigenvalue weighted by Crippen LogP contribution is 2.35. The maximum atomic E-state index is 12.4. The zero-order chi connectivity index (χ0) is 17.4. The summed E-state index contributed by atoms with van der Waals surface area (Å²) in [6.45, 7) is 0.154. The number of hydrogen-bond acceptors (Lipinski definition) is 5. The van der Waals surface area contributed by atoms with Gasteiger partial charge in [-0.15, -0.1) is 11.3 Å². The van der Waals surface area contributed by atoms with Crippen molar-refractivity contribution >= 4 is 34.2 Å². The van der Waals surface area contributed by atoms with E-state index >= 15 is 0 Å². The lowest BCUT2D eigenvalue weighted by Gasteiger charge is -2.14. The molecular weight excluding hydrogens is 338 g/mol. The number of allylic oxidation sites excluding steroid dienone is 2. The fourth-order valence-electron chi connectivity index (χ4n) is 3.89. The van der Waals surface area contributed by atoms with Gasteiger partial charge < -0.3 is 5.32 Å². The fourth-order valence-corrected chi connectivity index (χ4v) is 4.96. The number of aromatic nitrogens is 1. The molecule has 1 saturated heterocycles. The van der Waals surface area contributed by atoms with Crippen molar-refractivity contribution in [2.45, 2.75) is 44.9 Å². The SMILES string of the molecule is O=C(CCN1C(=O)[C@H]2CC=CC[C@@H]2C1=O)Nc1nc2c(s1)CCCC2. The predicted octanol–water partition coefficient (Wildman–Crippen LogP) is 2.30. The maximum absolute atomic E-state index is 12.4. The Morgan fingerprint density at radius 2 is 1.84 bits per heavy atom. The number of aryl methyl sites for hydroxylation is 2. The first kappa shape index (κ1) is 16.4. The number of nitrogens with one attached hydrogen (secondary N) is 1. The molecule has 2 atom stereocenters. The third-order valence-corrected chi connectivity index (χ3v) is 6.33. The largest absolute Gasteiger partial charge is 0.302 e. The molecule has 1 aromatic rings. The van der Waals surface area contributed by atoms with Crippen LogP contribution in [-0.2, 0) is 27.2 Å². The van der Waals surface area contributed by atoms with Crippen molar-refractivity contribution in [3.63, 3.8) is 0 Å². The monoisotopic (exact) mass is 359 g/mol. The van der Waals surface area contributed by atoms with Crippen molar-refractivity contribution in [3.8, 4) is 0 Å². The Bertz CT molecular complexity index is 705. The number of carbonyl (C=O) groups is 3. The molecule has 132 valence electrons. The lowest BCUT2D eigenvalue weighted by molar-refractivity contribution is -0.140. The van der Waals surface area contributed by atoms with E-state index in [-0.39, 0.29) is 42.5 Å². The van der Waals surface area contributed by atoms with Gasteiger partial charge in [0.25, 0.3) is 0 Å². The Hall–Kier alpha value is -2.02. The summed E-state index contributed by atoms with van der Waals surface area (Å²) in [5.74, 6) is -0.911. The summed E-state index contributed by atoms with van der Waals surface area (Å²) in [6.07, 6.45) is 9.66. The van der Waals surface area contributed by atoms with Gasteiger partial charge in [0.2, 0.25) is 17.7 Å². The summed E-state index contributed by atoms with van der Waals surface area (Å²) in [6, 6.07) is 0. The van der Waals surface area contributed by atoms with Gasteiger partial charge >= 0.3 is 0 Å². The maximum Gasteiger partial charge on any atom is 0.233 e. The Morgan fingerprint density at radius 3 is 2.52 bits per heavy atom. The van der Waals surface area contributed by atoms with Crippen LogP contribution in [0.2, 0.25) is 0 Å². The molecule has 1 aliphatic heterocycles. The quantitative estimate of drug-likeness (QED) is 0.661. The van der Waals surface area contributed by atoms with Gasteiger partial charge in [0.15, 0.2) is 5.13 Å². The highest BCUT2D eigenvalue weighted by molar-refractivity contribution is 7.15. The van der Waals surface area contributed by atoms with E-state index in [0.29, 0.717) is 18.0 Å². The van der Waals surface area contributed by atoms with Crippen molar-refractivity contribution in [2.24, 2.45) is 11.8 Å². The number of likely N-dealkylation sites (tertiary alicyclic amines) is 1. The fraction of sp³-hybridized carbons (Fsp3) is 0.556. The predicted molar refractivity (Wildman–Crippen MR) is 94.1 cm³/mol. The topological polar surface area (TPSA) is 79.4 Å². The van der Waals surface area contributed by atoms with Crippen LogP contribution in [0.25, 0.3) is 0 Å². The molecule has 1 fully saturated rings. The number of thiazole rings is 1. The lowest BCUT2D eigenvalue weighted by Crippen LogP contribution is -2.34. The normalized spacial score (nSPS) is 25.0. The first-order valence-corrected chi connectivity index (χ1v) is 9.74. The molecule has 1 N–H and O–H groups in total. The molecule has 2 heterocycles. The van der Waals surface area contributed by atoms with Gasteiger partial charge in [-0.1, -0.05) is 12.2 Å². The molecule has 3 amide bonds. The molecule has 4 rings (SSSR count). The molecule has 25 heavy (non-hydrogen) atoms. The molecular formula is C18H21N3O3S. The van der Waals surface area contributed by atoms with Gasteiger partial charge in [-0.25, -0.2) is 4.98 Å². The van der Waals surface area contributed by atoms with Crippen LogP contribution < -0.4 is 5.32 Å². The summed E-state index contributed by atoms with van der Waals surface area (Å²) >= 11 is 1.54. The second-order valence-corrected chi connectivity index (χ2v) is 7.96. The minimum atomic E-state index is -0.230. The number of carbonyl (C=O) groups excluding carboxylic acids is 3. The molecule has 0 saturated carbocycles. The van der Waals surface area contributed by atoms with Crippen LogP contribution in [-0.4, -0.2) is 34.2 Å². The lowest BCUT2D eigenvalue weighted by atomic mass is 9.85. The highest BCUT2D eigenvalue weighted by Gasteiger charge is 2.46. The highest BCUT2D eigenvalue weighted by atomic mass is 32.1. The molecule has 6 nitrogen and oxygen atoms in total. The summed E-state index contributed by atoms with van der Waals surface area (Å²) < 4.78 is 0. The average molecular weight is 359 g/mol. The Kier molecular flexibility index (Phi) is 4.41. The number of amides is 3. The van der Waals surface area contributed by atoms with E-state index in [1.807, 2.05) is 12.2 Å². The van der Waals surface area contributed by atoms with E-state index in [1.54, 1.807) is 11.3 Å². The van der Waals surface area contributed by atoms with E-state index in [4.69, 9.17) is 0 Å². The third kappa shape index (κ3) is 3.13. The molecule has 2 aliphatic carbocycles. The molecule has 7 heteroatoms. The van der Waals surface area contributed by atoms with Gasteiger partial charge in [-0.05, 0) is 38.5 Å². The van der Waals surface area contributed by atoms with Crippen molar-refractivity contribution in [1.82, 2.24) is 9.88 Å². The van der Waals surface area contributed by atoms with Crippen LogP contribution in [0.5, 0.6) is 0 Å². The Balaban J connectivity index is 1.33. The van der Waals surface area contributed by atoms with E-state index in [9.17, 15) is 14.4 Å². The first-order chi connectivity index (χ1) is 12.1. The summed E-state index contributed by atoms with van der Waals surface area (Å²) in [5, 5.41) is 3.46. The number of hydrogen-bond donors (Lipinski definition) is 1. The molecule has 1 aromatic heterocycles. The minimum absolute atomic E-state index is 0.120. The van der Waals surface area contributed by atoms with Crippen LogP contribution in [0.3, 0.4) is 0 Å². The Labute approximate surface area is 150 Å². The number of fused-ring (bicyclic) bond motifs is 2. The van der Waals surface area contributed by atoms with Crippen molar-refractivity contribution in [1.29, 1.82) is 0 Å². The van der Waals surface area contributed by atoms with Crippen LogP contribution in [0.4, 0.5) is 5.13 Å². The van der Waals surface area contributed by atoms with Crippen LogP contribution in [0.1, 0.15) is 42.7 Å².